The van der Waals surface area contributed by atoms with E-state index in [9.17, 15) is 0 Å². The molecule has 0 amide bonds. The second-order valence-electron chi connectivity index (χ2n) is 7.19. The summed E-state index contributed by atoms with van der Waals surface area (Å²) in [7, 11) is 0. The van der Waals surface area contributed by atoms with Crippen LogP contribution in [-0.2, 0) is 13.0 Å². The molecule has 3 aliphatic carbocycles. The summed E-state index contributed by atoms with van der Waals surface area (Å²) in [5.41, 5.74) is 4.60. The van der Waals surface area contributed by atoms with Crippen molar-refractivity contribution in [3.8, 4) is 0 Å². The van der Waals surface area contributed by atoms with Crippen LogP contribution in [0.5, 0.6) is 0 Å². The van der Waals surface area contributed by atoms with Gasteiger partial charge in [-0.3, -0.25) is 4.90 Å². The smallest absolute Gasteiger partial charge is 0.116 e. The van der Waals surface area contributed by atoms with E-state index >= 15 is 0 Å². The van der Waals surface area contributed by atoms with Gasteiger partial charge in [0.1, 0.15) is 6.33 Å². The molecule has 2 unspecified atom stereocenters. The Hall–Kier alpha value is -1.22. The molecule has 1 aromatic heterocycles. The Morgan fingerprint density at radius 3 is 3.15 bits per heavy atom. The molecule has 20 heavy (non-hydrogen) atoms. The Bertz CT molecular complexity index is 561. The number of allylic oxidation sites excluding steroid dienone is 1. The summed E-state index contributed by atoms with van der Waals surface area (Å²) < 4.78 is 0. The van der Waals surface area contributed by atoms with Crippen molar-refractivity contribution >= 4 is 0 Å². The number of fused-ring (bicyclic) bond motifs is 2. The van der Waals surface area contributed by atoms with Gasteiger partial charge in [-0.2, -0.15) is 0 Å². The average molecular weight is 268 g/mol. The summed E-state index contributed by atoms with van der Waals surface area (Å²) in [6, 6.07) is 0. The Kier molecular flexibility index (Phi) is 2.75. The zero-order valence-corrected chi connectivity index (χ0v) is 12.4. The lowest BCUT2D eigenvalue weighted by Gasteiger charge is -2.57. The fraction of sp³-hybridized carbons (Fsp3) is 0.647. The maximum Gasteiger partial charge on any atom is 0.116 e. The van der Waals surface area contributed by atoms with Gasteiger partial charge in [-0.25, -0.2) is 9.97 Å². The predicted molar refractivity (Wildman–Crippen MR) is 77.9 cm³/mol. The first-order valence-electron chi connectivity index (χ1n) is 7.76. The second-order valence-corrected chi connectivity index (χ2v) is 7.19. The van der Waals surface area contributed by atoms with E-state index in [2.05, 4.69) is 41.0 Å². The molecule has 5 rings (SSSR count). The number of hydrogen-bond donors (Lipinski definition) is 0. The maximum atomic E-state index is 4.42. The second kappa shape index (κ2) is 4.39. The van der Waals surface area contributed by atoms with E-state index in [0.29, 0.717) is 5.41 Å². The molecular formula is C17H22N3. The summed E-state index contributed by atoms with van der Waals surface area (Å²) >= 11 is 0. The average Bonchev–Trinajstić information content (AvgIpc) is 2.47. The molecule has 105 valence electrons. The van der Waals surface area contributed by atoms with Crippen molar-refractivity contribution in [2.24, 2.45) is 17.3 Å². The van der Waals surface area contributed by atoms with Gasteiger partial charge in [0.15, 0.2) is 0 Å². The highest BCUT2D eigenvalue weighted by Crippen LogP contribution is 2.59. The van der Waals surface area contributed by atoms with Crippen LogP contribution in [0.1, 0.15) is 37.9 Å². The maximum absolute atomic E-state index is 4.42. The molecule has 3 heteroatoms. The fourth-order valence-corrected chi connectivity index (χ4v) is 4.29. The van der Waals surface area contributed by atoms with Crippen LogP contribution in [0, 0.1) is 23.4 Å². The summed E-state index contributed by atoms with van der Waals surface area (Å²) in [6.45, 7) is 8.11. The number of aromatic nitrogens is 2. The Morgan fingerprint density at radius 1 is 1.45 bits per heavy atom. The van der Waals surface area contributed by atoms with Gasteiger partial charge in [0.05, 0.1) is 11.9 Å². The summed E-state index contributed by atoms with van der Waals surface area (Å²) in [6.07, 6.45) is 11.0. The largest absolute Gasteiger partial charge is 0.293 e. The number of nitrogens with zero attached hydrogens (tertiary/aromatic N) is 3. The molecule has 1 radical (unpaired) electrons. The van der Waals surface area contributed by atoms with Gasteiger partial charge in [-0.1, -0.05) is 25.5 Å². The van der Waals surface area contributed by atoms with E-state index in [4.69, 9.17) is 0 Å². The van der Waals surface area contributed by atoms with Crippen molar-refractivity contribution in [3.63, 3.8) is 0 Å². The normalized spacial score (nSPS) is 31.2. The van der Waals surface area contributed by atoms with Crippen LogP contribution in [0.3, 0.4) is 0 Å². The topological polar surface area (TPSA) is 29.0 Å². The summed E-state index contributed by atoms with van der Waals surface area (Å²) in [4.78, 5) is 11.0. The first-order chi connectivity index (χ1) is 9.64. The third-order valence-electron chi connectivity index (χ3n) is 5.86. The number of rotatable bonds is 2. The van der Waals surface area contributed by atoms with E-state index in [0.717, 1.165) is 37.9 Å². The first-order valence-corrected chi connectivity index (χ1v) is 7.76. The van der Waals surface area contributed by atoms with Crippen molar-refractivity contribution in [2.75, 3.05) is 13.1 Å². The van der Waals surface area contributed by atoms with Crippen LogP contribution >= 0.6 is 0 Å². The fourth-order valence-electron chi connectivity index (χ4n) is 4.29. The van der Waals surface area contributed by atoms with Gasteiger partial charge in [0.25, 0.3) is 0 Å². The van der Waals surface area contributed by atoms with E-state index < -0.39 is 0 Å². The van der Waals surface area contributed by atoms with Crippen molar-refractivity contribution in [1.29, 1.82) is 0 Å². The SMILES string of the molecule is CC1(C)C2CC=C(CN3CCc4[c]ncnc4C3)C1C2. The van der Waals surface area contributed by atoms with E-state index in [-0.39, 0.29) is 0 Å². The van der Waals surface area contributed by atoms with Crippen LogP contribution < -0.4 is 0 Å². The van der Waals surface area contributed by atoms with Gasteiger partial charge >= 0.3 is 0 Å². The molecule has 0 aromatic carbocycles. The highest BCUT2D eigenvalue weighted by Gasteiger charge is 2.51. The van der Waals surface area contributed by atoms with Crippen molar-refractivity contribution in [3.05, 3.63) is 35.4 Å². The summed E-state index contributed by atoms with van der Waals surface area (Å²) in [5, 5.41) is 0. The van der Waals surface area contributed by atoms with Crippen LogP contribution in [0.2, 0.25) is 0 Å². The van der Waals surface area contributed by atoms with Gasteiger partial charge < -0.3 is 0 Å². The third kappa shape index (κ3) is 1.83. The van der Waals surface area contributed by atoms with Crippen LogP contribution in [0.4, 0.5) is 0 Å². The molecule has 1 saturated carbocycles. The molecule has 1 fully saturated rings. The molecule has 3 nitrogen and oxygen atoms in total. The molecule has 2 atom stereocenters. The minimum Gasteiger partial charge on any atom is -0.293 e. The van der Waals surface area contributed by atoms with Gasteiger partial charge in [0.2, 0.25) is 0 Å². The van der Waals surface area contributed by atoms with E-state index in [1.165, 1.54) is 24.1 Å². The van der Waals surface area contributed by atoms with E-state index in [1.54, 1.807) is 11.9 Å². The quantitative estimate of drug-likeness (QED) is 0.772. The standard InChI is InChI=1S/C17H22N3/c1-17(2)14-4-3-13(15(17)7-14)9-20-6-5-12-8-18-11-19-16(12)10-20/h3,11,14-15H,4-7,9-10H2,1-2H3. The minimum absolute atomic E-state index is 0.535. The van der Waals surface area contributed by atoms with Crippen LogP contribution in [0.25, 0.3) is 0 Å². The highest BCUT2D eigenvalue weighted by molar-refractivity contribution is 5.25. The minimum atomic E-state index is 0.535. The lowest BCUT2D eigenvalue weighted by atomic mass is 9.49. The zero-order valence-electron chi connectivity index (χ0n) is 12.4. The van der Waals surface area contributed by atoms with Gasteiger partial charge in [-0.05, 0) is 36.5 Å². The Morgan fingerprint density at radius 2 is 2.35 bits per heavy atom. The molecule has 0 saturated heterocycles. The number of hydrogen-bond acceptors (Lipinski definition) is 3. The van der Waals surface area contributed by atoms with Gasteiger partial charge in [-0.15, -0.1) is 0 Å². The summed E-state index contributed by atoms with van der Waals surface area (Å²) in [5.74, 6) is 1.75. The predicted octanol–water partition coefficient (Wildman–Crippen LogP) is 2.63. The molecular weight excluding hydrogens is 246 g/mol. The Balaban J connectivity index is 1.48. The lowest BCUT2D eigenvalue weighted by Crippen LogP contribution is -2.50. The molecule has 0 spiro atoms. The van der Waals surface area contributed by atoms with Gasteiger partial charge in [0, 0.05) is 25.2 Å². The van der Waals surface area contributed by atoms with Crippen molar-refractivity contribution in [2.45, 2.75) is 39.7 Å². The first kappa shape index (κ1) is 12.5. The monoisotopic (exact) mass is 268 g/mol. The van der Waals surface area contributed by atoms with Crippen LogP contribution in [0.15, 0.2) is 18.0 Å². The third-order valence-corrected chi connectivity index (χ3v) is 5.86. The Labute approximate surface area is 121 Å². The van der Waals surface area contributed by atoms with E-state index in [1.807, 2.05) is 0 Å². The lowest BCUT2D eigenvalue weighted by molar-refractivity contribution is -0.0110. The molecule has 2 heterocycles. The zero-order chi connectivity index (χ0) is 13.7. The van der Waals surface area contributed by atoms with Crippen molar-refractivity contribution in [1.82, 2.24) is 14.9 Å². The highest BCUT2D eigenvalue weighted by atomic mass is 15.1. The molecule has 1 aromatic rings. The molecule has 1 aliphatic heterocycles. The van der Waals surface area contributed by atoms with Crippen molar-refractivity contribution < 1.29 is 0 Å². The molecule has 2 bridgehead atoms. The molecule has 4 aliphatic rings. The molecule has 0 N–H and O–H groups in total. The van der Waals surface area contributed by atoms with Crippen LogP contribution in [-0.4, -0.2) is 28.0 Å².